The van der Waals surface area contributed by atoms with E-state index in [1.165, 1.54) is 12.8 Å². The molecule has 0 atom stereocenters. The number of aromatic nitrogens is 2. The largest absolute Gasteiger partial charge is 0.497 e. The maximum atomic E-state index is 11.8. The van der Waals surface area contributed by atoms with Gasteiger partial charge in [0, 0.05) is 17.8 Å². The van der Waals surface area contributed by atoms with Crippen molar-refractivity contribution in [2.24, 2.45) is 0 Å². The van der Waals surface area contributed by atoms with Gasteiger partial charge in [0.1, 0.15) is 5.75 Å². The molecular weight excluding hydrogens is 284 g/mol. The molecule has 3 rings (SSSR count). The summed E-state index contributed by atoms with van der Waals surface area (Å²) in [6, 6.07) is 7.63. The number of ether oxygens (including phenoxy) is 1. The molecule has 0 aliphatic rings. The van der Waals surface area contributed by atoms with Crippen molar-refractivity contribution in [3.8, 4) is 5.75 Å². The summed E-state index contributed by atoms with van der Waals surface area (Å²) in [5, 5.41) is 0. The van der Waals surface area contributed by atoms with Crippen LogP contribution in [0.15, 0.2) is 29.1 Å². The summed E-state index contributed by atoms with van der Waals surface area (Å²) in [7, 11) is 1.66. The van der Waals surface area contributed by atoms with E-state index in [1.807, 2.05) is 18.2 Å². The lowest BCUT2D eigenvalue weighted by atomic mass is 10.1. The Bertz CT molecular complexity index is 835. The molecule has 0 saturated carbocycles. The molecule has 0 N–H and O–H groups in total. The van der Waals surface area contributed by atoms with E-state index in [-0.39, 0.29) is 5.56 Å². The van der Waals surface area contributed by atoms with Crippen LogP contribution in [-0.2, 0) is 6.42 Å². The van der Waals surface area contributed by atoms with Gasteiger partial charge >= 0.3 is 0 Å². The van der Waals surface area contributed by atoms with Crippen LogP contribution < -0.4 is 10.3 Å². The van der Waals surface area contributed by atoms with Crippen LogP contribution in [0, 0.1) is 0 Å². The molecule has 5 heteroatoms. The van der Waals surface area contributed by atoms with E-state index in [2.05, 4.69) is 16.3 Å². The van der Waals surface area contributed by atoms with Gasteiger partial charge in [0.25, 0.3) is 5.56 Å². The first-order valence-electron chi connectivity index (χ1n) is 7.22. The summed E-state index contributed by atoms with van der Waals surface area (Å²) in [4.78, 5) is 16.7. The fraction of sp³-hybridized carbons (Fsp3) is 0.375. The monoisotopic (exact) mass is 302 g/mol. The zero-order valence-electron chi connectivity index (χ0n) is 12.3. The van der Waals surface area contributed by atoms with E-state index in [9.17, 15) is 4.79 Å². The van der Waals surface area contributed by atoms with E-state index in [1.54, 1.807) is 24.5 Å². The molecule has 2 aromatic heterocycles. The van der Waals surface area contributed by atoms with Gasteiger partial charge in [-0.2, -0.15) is 4.98 Å². The van der Waals surface area contributed by atoms with Crippen LogP contribution in [0.4, 0.5) is 0 Å². The van der Waals surface area contributed by atoms with Crippen LogP contribution in [0.5, 0.6) is 5.75 Å². The maximum absolute atomic E-state index is 11.8. The van der Waals surface area contributed by atoms with Crippen LogP contribution >= 0.6 is 11.3 Å². The Morgan fingerprint density at radius 3 is 2.90 bits per heavy atom. The number of aryl methyl sites for hydroxylation is 1. The molecule has 1 aromatic carbocycles. The van der Waals surface area contributed by atoms with Crippen molar-refractivity contribution in [3.05, 3.63) is 40.3 Å². The normalized spacial score (nSPS) is 11.3. The fourth-order valence-electron chi connectivity index (χ4n) is 2.56. The van der Waals surface area contributed by atoms with Crippen molar-refractivity contribution in [2.75, 3.05) is 7.11 Å². The Hall–Kier alpha value is -1.88. The smallest absolute Gasteiger partial charge is 0.274 e. The zero-order chi connectivity index (χ0) is 14.8. The summed E-state index contributed by atoms with van der Waals surface area (Å²) in [6.45, 7) is 2.18. The molecule has 4 nitrogen and oxygen atoms in total. The third-order valence-electron chi connectivity index (χ3n) is 3.62. The highest BCUT2D eigenvalue weighted by Crippen LogP contribution is 2.29. The molecule has 2 heterocycles. The third kappa shape index (κ3) is 2.65. The molecule has 0 amide bonds. The average Bonchev–Trinajstić information content (AvgIpc) is 2.84. The number of benzene rings is 1. The van der Waals surface area contributed by atoms with Crippen LogP contribution in [0.1, 0.15) is 31.9 Å². The number of hydrogen-bond donors (Lipinski definition) is 0. The standard InChI is InChI=1S/C16H18N2O2S/c1-3-4-5-6-11-9-15(19)17-16-18(11)13-10-12(20-2)7-8-14(13)21-16/h7-10H,3-6H2,1-2H3. The Morgan fingerprint density at radius 1 is 1.29 bits per heavy atom. The fourth-order valence-corrected chi connectivity index (χ4v) is 3.59. The molecule has 0 fully saturated rings. The van der Waals surface area contributed by atoms with E-state index in [4.69, 9.17) is 4.74 Å². The van der Waals surface area contributed by atoms with Crippen molar-refractivity contribution < 1.29 is 4.74 Å². The molecule has 0 unspecified atom stereocenters. The Morgan fingerprint density at radius 2 is 2.14 bits per heavy atom. The predicted octanol–water partition coefficient (Wildman–Crippen LogP) is 3.65. The van der Waals surface area contributed by atoms with Crippen molar-refractivity contribution in [1.82, 2.24) is 9.38 Å². The molecule has 0 spiro atoms. The van der Waals surface area contributed by atoms with Gasteiger partial charge in [-0.3, -0.25) is 9.20 Å². The molecule has 0 saturated heterocycles. The lowest BCUT2D eigenvalue weighted by molar-refractivity contribution is 0.415. The van der Waals surface area contributed by atoms with Crippen molar-refractivity contribution >= 4 is 26.5 Å². The van der Waals surface area contributed by atoms with Crippen molar-refractivity contribution in [3.63, 3.8) is 0 Å². The van der Waals surface area contributed by atoms with Gasteiger partial charge in [-0.25, -0.2) is 0 Å². The van der Waals surface area contributed by atoms with Gasteiger partial charge in [-0.05, 0) is 25.0 Å². The maximum Gasteiger partial charge on any atom is 0.274 e. The number of nitrogens with zero attached hydrogens (tertiary/aromatic N) is 2. The molecule has 0 aliphatic carbocycles. The van der Waals surface area contributed by atoms with Crippen LogP contribution in [-0.4, -0.2) is 16.5 Å². The van der Waals surface area contributed by atoms with Gasteiger partial charge in [-0.15, -0.1) is 0 Å². The van der Waals surface area contributed by atoms with Gasteiger partial charge in [0.15, 0.2) is 4.96 Å². The summed E-state index contributed by atoms with van der Waals surface area (Å²) in [5.41, 5.74) is 1.95. The number of thiazole rings is 1. The number of fused-ring (bicyclic) bond motifs is 3. The zero-order valence-corrected chi connectivity index (χ0v) is 13.1. The summed E-state index contributed by atoms with van der Waals surface area (Å²) < 4.78 is 8.53. The highest BCUT2D eigenvalue weighted by Gasteiger charge is 2.11. The molecule has 3 aromatic rings. The van der Waals surface area contributed by atoms with Gasteiger partial charge in [0.05, 0.1) is 17.3 Å². The molecule has 110 valence electrons. The van der Waals surface area contributed by atoms with E-state index in [0.717, 1.165) is 39.5 Å². The number of methoxy groups -OCH3 is 1. The summed E-state index contributed by atoms with van der Waals surface area (Å²) >= 11 is 1.54. The SMILES string of the molecule is CCCCCc1cc(=O)nc2sc3ccc(OC)cc3n12. The third-order valence-corrected chi connectivity index (χ3v) is 4.64. The highest BCUT2D eigenvalue weighted by atomic mass is 32.1. The van der Waals surface area contributed by atoms with Gasteiger partial charge in [-0.1, -0.05) is 31.1 Å². The highest BCUT2D eigenvalue weighted by molar-refractivity contribution is 7.23. The Balaban J connectivity index is 2.21. The molecule has 0 aliphatic heterocycles. The summed E-state index contributed by atoms with van der Waals surface area (Å²) in [6.07, 6.45) is 4.32. The van der Waals surface area contributed by atoms with Crippen molar-refractivity contribution in [1.29, 1.82) is 0 Å². The Kier molecular flexibility index (Phi) is 3.92. The Labute approximate surface area is 127 Å². The molecule has 0 bridgehead atoms. The number of hydrogen-bond acceptors (Lipinski definition) is 4. The van der Waals surface area contributed by atoms with E-state index < -0.39 is 0 Å². The predicted molar refractivity (Wildman–Crippen MR) is 86.6 cm³/mol. The second kappa shape index (κ2) is 5.85. The minimum Gasteiger partial charge on any atom is -0.497 e. The van der Waals surface area contributed by atoms with Crippen LogP contribution in [0.2, 0.25) is 0 Å². The summed E-state index contributed by atoms with van der Waals surface area (Å²) in [5.74, 6) is 0.820. The lowest BCUT2D eigenvalue weighted by Crippen LogP contribution is -2.10. The quantitative estimate of drug-likeness (QED) is 0.676. The van der Waals surface area contributed by atoms with Crippen molar-refractivity contribution in [2.45, 2.75) is 32.6 Å². The second-order valence-electron chi connectivity index (χ2n) is 5.10. The molecular formula is C16H18N2O2S. The lowest BCUT2D eigenvalue weighted by Gasteiger charge is -2.06. The second-order valence-corrected chi connectivity index (χ2v) is 6.11. The first-order valence-corrected chi connectivity index (χ1v) is 8.04. The topological polar surface area (TPSA) is 43.6 Å². The first kappa shape index (κ1) is 14.1. The van der Waals surface area contributed by atoms with E-state index >= 15 is 0 Å². The van der Waals surface area contributed by atoms with Crippen LogP contribution in [0.25, 0.3) is 15.2 Å². The number of rotatable bonds is 5. The minimum atomic E-state index is -0.153. The number of unbranched alkanes of at least 4 members (excludes halogenated alkanes) is 2. The van der Waals surface area contributed by atoms with Gasteiger partial charge in [0.2, 0.25) is 0 Å². The van der Waals surface area contributed by atoms with E-state index in [0.29, 0.717) is 0 Å². The molecule has 0 radical (unpaired) electrons. The first-order chi connectivity index (χ1) is 10.2. The molecule has 21 heavy (non-hydrogen) atoms. The average molecular weight is 302 g/mol. The minimum absolute atomic E-state index is 0.153. The van der Waals surface area contributed by atoms with Gasteiger partial charge < -0.3 is 4.74 Å². The van der Waals surface area contributed by atoms with Crippen LogP contribution in [0.3, 0.4) is 0 Å².